The van der Waals surface area contributed by atoms with Crippen molar-refractivity contribution >= 4 is 15.9 Å². The molecule has 0 aliphatic heterocycles. The van der Waals surface area contributed by atoms with Crippen molar-refractivity contribution in [1.29, 1.82) is 5.26 Å². The number of hydrogen-bond donors (Lipinski definition) is 1. The summed E-state index contributed by atoms with van der Waals surface area (Å²) in [6.45, 7) is 0. The SMILES string of the molecule is CN(C)S(=O)(=O)Nc1cccc(F)c1C#N. The number of rotatable bonds is 3. The molecule has 0 atom stereocenters. The number of benzene rings is 1. The third-order valence-corrected chi connectivity index (χ3v) is 3.28. The number of halogens is 1. The Morgan fingerprint density at radius 3 is 2.56 bits per heavy atom. The average Bonchev–Trinajstić information content (AvgIpc) is 2.17. The zero-order chi connectivity index (χ0) is 12.3. The summed E-state index contributed by atoms with van der Waals surface area (Å²) in [5, 5.41) is 8.70. The van der Waals surface area contributed by atoms with Crippen LogP contribution in [0.4, 0.5) is 10.1 Å². The minimum Gasteiger partial charge on any atom is -0.269 e. The van der Waals surface area contributed by atoms with Gasteiger partial charge in [0.05, 0.1) is 5.69 Å². The first-order chi connectivity index (χ1) is 7.38. The second-order valence-corrected chi connectivity index (χ2v) is 5.05. The molecule has 0 spiro atoms. The van der Waals surface area contributed by atoms with Crippen LogP contribution in [0.5, 0.6) is 0 Å². The highest BCUT2D eigenvalue weighted by Gasteiger charge is 2.16. The maximum atomic E-state index is 13.2. The first-order valence-corrected chi connectivity index (χ1v) is 5.71. The first-order valence-electron chi connectivity index (χ1n) is 4.27. The van der Waals surface area contributed by atoms with E-state index in [0.717, 1.165) is 10.4 Å². The van der Waals surface area contributed by atoms with Crippen LogP contribution in [0, 0.1) is 17.1 Å². The molecule has 0 fully saturated rings. The largest absolute Gasteiger partial charge is 0.301 e. The van der Waals surface area contributed by atoms with Gasteiger partial charge in [0.2, 0.25) is 0 Å². The maximum Gasteiger partial charge on any atom is 0.301 e. The van der Waals surface area contributed by atoms with E-state index in [1.54, 1.807) is 6.07 Å². The molecule has 1 N–H and O–H groups in total. The highest BCUT2D eigenvalue weighted by atomic mass is 32.2. The van der Waals surface area contributed by atoms with Gasteiger partial charge in [0.1, 0.15) is 17.4 Å². The Bertz CT molecular complexity index is 534. The molecule has 0 radical (unpaired) electrons. The van der Waals surface area contributed by atoms with Crippen molar-refractivity contribution in [2.24, 2.45) is 0 Å². The van der Waals surface area contributed by atoms with Gasteiger partial charge in [0, 0.05) is 14.1 Å². The van der Waals surface area contributed by atoms with Crippen LogP contribution >= 0.6 is 0 Å². The zero-order valence-electron chi connectivity index (χ0n) is 8.73. The fraction of sp³-hybridized carbons (Fsp3) is 0.222. The average molecular weight is 243 g/mol. The van der Waals surface area contributed by atoms with E-state index in [-0.39, 0.29) is 11.3 Å². The van der Waals surface area contributed by atoms with E-state index in [1.165, 1.54) is 26.2 Å². The molecule has 1 aromatic carbocycles. The molecule has 0 saturated heterocycles. The number of hydrogen-bond acceptors (Lipinski definition) is 3. The Hall–Kier alpha value is -1.65. The molecule has 0 aliphatic rings. The monoisotopic (exact) mass is 243 g/mol. The lowest BCUT2D eigenvalue weighted by Gasteiger charge is -2.14. The fourth-order valence-corrected chi connectivity index (χ4v) is 1.58. The molecular weight excluding hydrogens is 233 g/mol. The van der Waals surface area contributed by atoms with E-state index in [0.29, 0.717) is 0 Å². The van der Waals surface area contributed by atoms with Gasteiger partial charge in [0.25, 0.3) is 0 Å². The lowest BCUT2D eigenvalue weighted by Crippen LogP contribution is -2.29. The van der Waals surface area contributed by atoms with Crippen molar-refractivity contribution in [2.75, 3.05) is 18.8 Å². The summed E-state index contributed by atoms with van der Waals surface area (Å²) >= 11 is 0. The molecule has 5 nitrogen and oxygen atoms in total. The molecule has 0 aliphatic carbocycles. The normalized spacial score (nSPS) is 11.2. The molecule has 0 heterocycles. The predicted molar refractivity (Wildman–Crippen MR) is 57.3 cm³/mol. The second-order valence-electron chi connectivity index (χ2n) is 3.16. The van der Waals surface area contributed by atoms with Crippen molar-refractivity contribution in [3.05, 3.63) is 29.6 Å². The van der Waals surface area contributed by atoms with Crippen molar-refractivity contribution < 1.29 is 12.8 Å². The van der Waals surface area contributed by atoms with Gasteiger partial charge in [-0.05, 0) is 12.1 Å². The van der Waals surface area contributed by atoms with Crippen molar-refractivity contribution in [3.63, 3.8) is 0 Å². The quantitative estimate of drug-likeness (QED) is 0.857. The van der Waals surface area contributed by atoms with Crippen LogP contribution in [-0.2, 0) is 10.2 Å². The van der Waals surface area contributed by atoms with Gasteiger partial charge >= 0.3 is 10.2 Å². The minimum absolute atomic E-state index is 0.0730. The van der Waals surface area contributed by atoms with Crippen LogP contribution in [0.3, 0.4) is 0 Å². The Morgan fingerprint density at radius 1 is 1.44 bits per heavy atom. The summed E-state index contributed by atoms with van der Waals surface area (Å²) in [5.74, 6) is -0.763. The van der Waals surface area contributed by atoms with Crippen LogP contribution in [0.2, 0.25) is 0 Å². The highest BCUT2D eigenvalue weighted by molar-refractivity contribution is 7.90. The first kappa shape index (κ1) is 12.4. The Balaban J connectivity index is 3.18. The van der Waals surface area contributed by atoms with Gasteiger partial charge in [-0.2, -0.15) is 18.0 Å². The molecule has 0 amide bonds. The van der Waals surface area contributed by atoms with Crippen molar-refractivity contribution in [1.82, 2.24) is 4.31 Å². The topological polar surface area (TPSA) is 73.2 Å². The summed E-state index contributed by atoms with van der Waals surface area (Å²) in [7, 11) is -1.08. The summed E-state index contributed by atoms with van der Waals surface area (Å²) < 4.78 is 39.1. The smallest absolute Gasteiger partial charge is 0.269 e. The van der Waals surface area contributed by atoms with Crippen LogP contribution in [0.25, 0.3) is 0 Å². The van der Waals surface area contributed by atoms with Crippen LogP contribution in [-0.4, -0.2) is 26.8 Å². The highest BCUT2D eigenvalue weighted by Crippen LogP contribution is 2.19. The molecular formula is C9H10FN3O2S. The number of anilines is 1. The molecule has 1 rings (SSSR count). The van der Waals surface area contributed by atoms with Gasteiger partial charge in [-0.1, -0.05) is 6.07 Å². The lowest BCUT2D eigenvalue weighted by molar-refractivity contribution is 0.526. The van der Waals surface area contributed by atoms with Crippen molar-refractivity contribution in [2.45, 2.75) is 0 Å². The predicted octanol–water partition coefficient (Wildman–Crippen LogP) is 0.916. The second kappa shape index (κ2) is 4.47. The summed E-state index contributed by atoms with van der Waals surface area (Å²) in [4.78, 5) is 0. The summed E-state index contributed by atoms with van der Waals surface area (Å²) in [6, 6.07) is 5.34. The van der Waals surface area contributed by atoms with Gasteiger partial charge in [-0.3, -0.25) is 4.72 Å². The van der Waals surface area contributed by atoms with Gasteiger partial charge in [-0.25, -0.2) is 4.39 Å². The summed E-state index contributed by atoms with van der Waals surface area (Å²) in [5.41, 5.74) is -0.399. The standard InChI is InChI=1S/C9H10FN3O2S/c1-13(2)16(14,15)12-9-5-3-4-8(10)7(9)6-11/h3-5,12H,1-2H3. The van der Waals surface area contributed by atoms with Crippen molar-refractivity contribution in [3.8, 4) is 6.07 Å². The molecule has 86 valence electrons. The number of nitrogens with one attached hydrogen (secondary N) is 1. The summed E-state index contributed by atoms with van der Waals surface area (Å²) in [6.07, 6.45) is 0. The van der Waals surface area contributed by atoms with E-state index in [4.69, 9.17) is 5.26 Å². The fourth-order valence-electron chi connectivity index (χ4n) is 0.953. The van der Waals surface area contributed by atoms with E-state index in [1.807, 2.05) is 0 Å². The molecule has 1 aromatic rings. The molecule has 16 heavy (non-hydrogen) atoms. The lowest BCUT2D eigenvalue weighted by atomic mass is 10.2. The van der Waals surface area contributed by atoms with Crippen LogP contribution in [0.1, 0.15) is 5.56 Å². The van der Waals surface area contributed by atoms with Gasteiger partial charge in [0.15, 0.2) is 0 Å². The van der Waals surface area contributed by atoms with Crippen LogP contribution in [0.15, 0.2) is 18.2 Å². The third kappa shape index (κ3) is 2.48. The Labute approximate surface area is 93.3 Å². The third-order valence-electron chi connectivity index (χ3n) is 1.85. The molecule has 0 aromatic heterocycles. The molecule has 0 saturated carbocycles. The Morgan fingerprint density at radius 2 is 2.06 bits per heavy atom. The number of nitrogens with zero attached hydrogens (tertiary/aromatic N) is 2. The molecule has 0 unspecified atom stereocenters. The van der Waals surface area contributed by atoms with E-state index in [2.05, 4.69) is 4.72 Å². The van der Waals surface area contributed by atoms with E-state index >= 15 is 0 Å². The molecule has 0 bridgehead atoms. The van der Waals surface area contributed by atoms with E-state index < -0.39 is 16.0 Å². The van der Waals surface area contributed by atoms with Gasteiger partial charge in [-0.15, -0.1) is 0 Å². The number of nitriles is 1. The Kier molecular flexibility index (Phi) is 3.47. The minimum atomic E-state index is -3.74. The molecule has 7 heteroatoms. The van der Waals surface area contributed by atoms with E-state index in [9.17, 15) is 12.8 Å². The van der Waals surface area contributed by atoms with Gasteiger partial charge < -0.3 is 0 Å². The van der Waals surface area contributed by atoms with Crippen LogP contribution < -0.4 is 4.72 Å². The zero-order valence-corrected chi connectivity index (χ0v) is 9.55. The maximum absolute atomic E-state index is 13.2.